The Morgan fingerprint density at radius 2 is 1.70 bits per heavy atom. The van der Waals surface area contributed by atoms with Crippen LogP contribution in [0.15, 0.2) is 72.3 Å². The topological polar surface area (TPSA) is 97.6 Å². The molecule has 0 unspecified atom stereocenters. The van der Waals surface area contributed by atoms with Crippen LogP contribution in [0.3, 0.4) is 0 Å². The highest BCUT2D eigenvalue weighted by atomic mass is 35.5. The van der Waals surface area contributed by atoms with E-state index in [4.69, 9.17) is 25.8 Å². The average Bonchev–Trinajstić information content (AvgIpc) is 2.83. The summed E-state index contributed by atoms with van der Waals surface area (Å²) in [6.07, 6.45) is 1.40. The molecule has 0 saturated heterocycles. The maximum Gasteiger partial charge on any atom is 0.345 e. The number of methoxy groups -OCH3 is 2. The van der Waals surface area contributed by atoms with Gasteiger partial charge in [0, 0.05) is 5.69 Å². The van der Waals surface area contributed by atoms with Crippen LogP contribution in [-0.2, 0) is 4.79 Å². The van der Waals surface area contributed by atoms with Crippen molar-refractivity contribution in [2.24, 2.45) is 0 Å². The van der Waals surface area contributed by atoms with Crippen molar-refractivity contribution in [3.8, 4) is 23.3 Å². The molecule has 3 aromatic rings. The van der Waals surface area contributed by atoms with Gasteiger partial charge in [-0.3, -0.25) is 4.79 Å². The quantitative estimate of drug-likeness (QED) is 0.226. The Morgan fingerprint density at radius 1 is 0.970 bits per heavy atom. The number of ether oxygens (including phenoxy) is 3. The molecule has 0 aliphatic heterocycles. The lowest BCUT2D eigenvalue weighted by Gasteiger charge is -2.11. The maximum atomic E-state index is 12.5. The fourth-order valence-electron chi connectivity index (χ4n) is 2.83. The van der Waals surface area contributed by atoms with Gasteiger partial charge >= 0.3 is 5.97 Å². The highest BCUT2D eigenvalue weighted by molar-refractivity contribution is 6.33. The normalized spacial score (nSPS) is 10.7. The van der Waals surface area contributed by atoms with Crippen molar-refractivity contribution >= 4 is 35.2 Å². The van der Waals surface area contributed by atoms with Crippen molar-refractivity contribution in [1.82, 2.24) is 0 Å². The van der Waals surface area contributed by atoms with E-state index in [-0.39, 0.29) is 27.7 Å². The SMILES string of the molecule is COc1ccc(NC(=O)/C(C#N)=C/c2ccc(OC(=O)c3ccccc3Cl)c(OC)c2)cc1. The van der Waals surface area contributed by atoms with Crippen molar-refractivity contribution in [3.05, 3.63) is 88.5 Å². The second-order valence-electron chi connectivity index (χ2n) is 6.63. The monoisotopic (exact) mass is 462 g/mol. The molecule has 0 aliphatic carbocycles. The summed E-state index contributed by atoms with van der Waals surface area (Å²) < 4.78 is 15.8. The lowest BCUT2D eigenvalue weighted by molar-refractivity contribution is -0.112. The van der Waals surface area contributed by atoms with E-state index in [1.807, 2.05) is 6.07 Å². The van der Waals surface area contributed by atoms with Crippen LogP contribution >= 0.6 is 11.6 Å². The summed E-state index contributed by atoms with van der Waals surface area (Å²) in [6.45, 7) is 0. The van der Waals surface area contributed by atoms with Crippen LogP contribution in [0.5, 0.6) is 17.2 Å². The molecule has 0 aliphatic rings. The van der Waals surface area contributed by atoms with Crippen LogP contribution in [-0.4, -0.2) is 26.1 Å². The van der Waals surface area contributed by atoms with Crippen molar-refractivity contribution in [3.63, 3.8) is 0 Å². The van der Waals surface area contributed by atoms with Crippen LogP contribution in [0.25, 0.3) is 6.08 Å². The van der Waals surface area contributed by atoms with Crippen LogP contribution in [0.4, 0.5) is 5.69 Å². The second kappa shape index (κ2) is 10.8. The third kappa shape index (κ3) is 5.91. The molecule has 3 rings (SSSR count). The van der Waals surface area contributed by atoms with E-state index >= 15 is 0 Å². The highest BCUT2D eigenvalue weighted by Crippen LogP contribution is 2.30. The third-order valence-electron chi connectivity index (χ3n) is 4.51. The molecule has 7 nitrogen and oxygen atoms in total. The van der Waals surface area contributed by atoms with Crippen LogP contribution in [0, 0.1) is 11.3 Å². The first-order valence-corrected chi connectivity index (χ1v) is 10.0. The smallest absolute Gasteiger partial charge is 0.345 e. The summed E-state index contributed by atoms with van der Waals surface area (Å²) >= 11 is 6.05. The summed E-state index contributed by atoms with van der Waals surface area (Å²) in [5, 5.41) is 12.4. The van der Waals surface area contributed by atoms with Gasteiger partial charge in [0.25, 0.3) is 5.91 Å². The predicted molar refractivity (Wildman–Crippen MR) is 125 cm³/mol. The summed E-state index contributed by atoms with van der Waals surface area (Å²) in [5.41, 5.74) is 1.12. The number of anilines is 1. The first-order chi connectivity index (χ1) is 15.9. The Hall–Kier alpha value is -4.28. The molecule has 1 N–H and O–H groups in total. The molecule has 1 amide bonds. The van der Waals surface area contributed by atoms with Gasteiger partial charge in [-0.2, -0.15) is 5.26 Å². The fourth-order valence-corrected chi connectivity index (χ4v) is 3.04. The third-order valence-corrected chi connectivity index (χ3v) is 4.84. The standard InChI is InChI=1S/C25H19ClN2O5/c1-31-19-10-8-18(9-11-19)28-24(29)17(15-27)13-16-7-12-22(23(14-16)32-2)33-25(30)20-5-3-4-6-21(20)26/h3-14H,1-2H3,(H,28,29)/b17-13+. The van der Waals surface area contributed by atoms with E-state index in [1.165, 1.54) is 19.3 Å². The van der Waals surface area contributed by atoms with Crippen molar-refractivity contribution in [2.45, 2.75) is 0 Å². The van der Waals surface area contributed by atoms with Crippen LogP contribution < -0.4 is 19.5 Å². The Kier molecular flexibility index (Phi) is 7.68. The zero-order valence-electron chi connectivity index (χ0n) is 17.8. The fraction of sp³-hybridized carbons (Fsp3) is 0.0800. The molecule has 0 saturated carbocycles. The zero-order chi connectivity index (χ0) is 23.8. The average molecular weight is 463 g/mol. The minimum Gasteiger partial charge on any atom is -0.497 e. The minimum atomic E-state index is -0.640. The number of benzene rings is 3. The van der Waals surface area contributed by atoms with E-state index in [0.29, 0.717) is 17.0 Å². The van der Waals surface area contributed by atoms with Gasteiger partial charge in [0.1, 0.15) is 17.4 Å². The van der Waals surface area contributed by atoms with Gasteiger partial charge < -0.3 is 19.5 Å². The summed E-state index contributed by atoms with van der Waals surface area (Å²) in [6, 6.07) is 19.8. The van der Waals surface area contributed by atoms with E-state index in [1.54, 1.807) is 67.8 Å². The lowest BCUT2D eigenvalue weighted by atomic mass is 10.1. The maximum absolute atomic E-state index is 12.5. The number of hydrogen-bond donors (Lipinski definition) is 1. The van der Waals surface area contributed by atoms with Crippen molar-refractivity contribution < 1.29 is 23.8 Å². The van der Waals surface area contributed by atoms with Gasteiger partial charge in [0.15, 0.2) is 11.5 Å². The Morgan fingerprint density at radius 3 is 2.33 bits per heavy atom. The van der Waals surface area contributed by atoms with Crippen LogP contribution in [0.1, 0.15) is 15.9 Å². The molecular formula is C25H19ClN2O5. The van der Waals surface area contributed by atoms with E-state index in [2.05, 4.69) is 5.32 Å². The zero-order valence-corrected chi connectivity index (χ0v) is 18.6. The van der Waals surface area contributed by atoms with Gasteiger partial charge in [0.2, 0.25) is 0 Å². The van der Waals surface area contributed by atoms with Gasteiger partial charge in [-0.25, -0.2) is 4.79 Å². The van der Waals surface area contributed by atoms with Gasteiger partial charge in [-0.1, -0.05) is 29.8 Å². The van der Waals surface area contributed by atoms with Crippen molar-refractivity contribution in [1.29, 1.82) is 5.26 Å². The highest BCUT2D eigenvalue weighted by Gasteiger charge is 2.16. The molecule has 0 radical (unpaired) electrons. The number of nitrogens with zero attached hydrogens (tertiary/aromatic N) is 1. The number of rotatable bonds is 7. The first-order valence-electron chi connectivity index (χ1n) is 9.67. The van der Waals surface area contributed by atoms with E-state index in [9.17, 15) is 14.9 Å². The predicted octanol–water partition coefficient (Wildman–Crippen LogP) is 5.12. The summed E-state index contributed by atoms with van der Waals surface area (Å²) in [4.78, 5) is 24.9. The number of halogens is 1. The molecule has 0 fully saturated rings. The second-order valence-corrected chi connectivity index (χ2v) is 7.04. The summed E-state index contributed by atoms with van der Waals surface area (Å²) in [7, 11) is 2.96. The molecule has 8 heteroatoms. The Balaban J connectivity index is 1.79. The molecule has 3 aromatic carbocycles. The molecule has 0 heterocycles. The number of amides is 1. The number of nitriles is 1. The number of carbonyl (C=O) groups excluding carboxylic acids is 2. The minimum absolute atomic E-state index is 0.117. The van der Waals surface area contributed by atoms with Crippen molar-refractivity contribution in [2.75, 3.05) is 19.5 Å². The lowest BCUT2D eigenvalue weighted by Crippen LogP contribution is -2.13. The molecular weight excluding hydrogens is 444 g/mol. The molecule has 0 spiro atoms. The Bertz CT molecular complexity index is 1250. The molecule has 0 atom stereocenters. The van der Waals surface area contributed by atoms with E-state index in [0.717, 1.165) is 0 Å². The van der Waals surface area contributed by atoms with E-state index < -0.39 is 11.9 Å². The van der Waals surface area contributed by atoms with Gasteiger partial charge in [-0.05, 0) is 60.2 Å². The first kappa shape index (κ1) is 23.4. The summed E-state index contributed by atoms with van der Waals surface area (Å²) in [5.74, 6) is -0.154. The molecule has 0 bridgehead atoms. The molecule has 166 valence electrons. The number of esters is 1. The largest absolute Gasteiger partial charge is 0.497 e. The molecule has 0 aromatic heterocycles. The van der Waals surface area contributed by atoms with Crippen LogP contribution in [0.2, 0.25) is 5.02 Å². The Labute approximate surface area is 195 Å². The number of hydrogen-bond acceptors (Lipinski definition) is 6. The number of nitrogens with one attached hydrogen (secondary N) is 1. The van der Waals surface area contributed by atoms with Gasteiger partial charge in [0.05, 0.1) is 24.8 Å². The molecule has 33 heavy (non-hydrogen) atoms. The van der Waals surface area contributed by atoms with Gasteiger partial charge in [-0.15, -0.1) is 0 Å². The number of carbonyl (C=O) groups is 2.